The zero-order valence-electron chi connectivity index (χ0n) is 9.14. The molecule has 0 amide bonds. The smallest absolute Gasteiger partial charge is 0.379 e. The van der Waals surface area contributed by atoms with E-state index in [1.54, 1.807) is 6.92 Å². The Hall–Kier alpha value is -2.17. The van der Waals surface area contributed by atoms with Crippen LogP contribution in [0.1, 0.15) is 12.5 Å². The fourth-order valence-corrected chi connectivity index (χ4v) is 1.13. The highest BCUT2D eigenvalue weighted by atomic mass is 19.1. The first-order valence-corrected chi connectivity index (χ1v) is 4.93. The molecule has 1 aromatic carbocycles. The van der Waals surface area contributed by atoms with E-state index in [2.05, 4.69) is 4.74 Å². The van der Waals surface area contributed by atoms with Gasteiger partial charge in [0.25, 0.3) is 5.78 Å². The van der Waals surface area contributed by atoms with Crippen LogP contribution in [0.25, 0.3) is 5.76 Å². The Balaban J connectivity index is 2.90. The molecule has 0 aromatic heterocycles. The number of ether oxygens (including phenoxy) is 1. The summed E-state index contributed by atoms with van der Waals surface area (Å²) in [6.07, 6.45) is 0.635. The van der Waals surface area contributed by atoms with Gasteiger partial charge < -0.3 is 9.84 Å². The molecule has 0 spiro atoms. The number of esters is 1. The molecule has 4 nitrogen and oxygen atoms in total. The van der Waals surface area contributed by atoms with Crippen molar-refractivity contribution in [2.24, 2.45) is 0 Å². The van der Waals surface area contributed by atoms with E-state index >= 15 is 0 Å². The van der Waals surface area contributed by atoms with E-state index in [4.69, 9.17) is 0 Å². The minimum Gasteiger partial charge on any atom is -0.507 e. The lowest BCUT2D eigenvalue weighted by atomic mass is 10.1. The van der Waals surface area contributed by atoms with E-state index in [9.17, 15) is 19.1 Å². The summed E-state index contributed by atoms with van der Waals surface area (Å²) in [5.74, 6) is -3.41. The highest BCUT2D eigenvalue weighted by molar-refractivity contribution is 6.39. The number of hydrogen-bond donors (Lipinski definition) is 1. The Morgan fingerprint density at radius 3 is 2.65 bits per heavy atom. The Kier molecular flexibility index (Phi) is 4.39. The molecule has 0 saturated carbocycles. The summed E-state index contributed by atoms with van der Waals surface area (Å²) in [6, 6.07) is 5.37. The molecular weight excluding hydrogens is 227 g/mol. The lowest BCUT2D eigenvalue weighted by molar-refractivity contribution is -0.151. The van der Waals surface area contributed by atoms with Crippen LogP contribution in [0.3, 0.4) is 0 Å². The maximum atomic E-state index is 13.2. The van der Waals surface area contributed by atoms with E-state index in [0.717, 1.165) is 6.07 Å². The number of ketones is 1. The number of benzene rings is 1. The molecule has 0 radical (unpaired) electrons. The lowest BCUT2D eigenvalue weighted by Gasteiger charge is -2.01. The second-order valence-corrected chi connectivity index (χ2v) is 3.09. The van der Waals surface area contributed by atoms with Crippen LogP contribution in [0.5, 0.6) is 0 Å². The first-order chi connectivity index (χ1) is 8.06. The molecule has 1 N–H and O–H groups in total. The second kappa shape index (κ2) is 5.79. The van der Waals surface area contributed by atoms with Gasteiger partial charge in [-0.1, -0.05) is 12.1 Å². The fourth-order valence-electron chi connectivity index (χ4n) is 1.13. The first kappa shape index (κ1) is 12.9. The predicted octanol–water partition coefficient (Wildman–Crippen LogP) is 1.86. The van der Waals surface area contributed by atoms with Gasteiger partial charge in [-0.3, -0.25) is 4.79 Å². The van der Waals surface area contributed by atoms with E-state index in [0.29, 0.717) is 6.08 Å². The van der Waals surface area contributed by atoms with Gasteiger partial charge in [-0.05, 0) is 19.1 Å². The molecule has 1 rings (SSSR count). The van der Waals surface area contributed by atoms with Crippen LogP contribution in [-0.2, 0) is 14.3 Å². The summed E-state index contributed by atoms with van der Waals surface area (Å²) in [4.78, 5) is 22.2. The molecule has 0 heterocycles. The molecule has 5 heteroatoms. The van der Waals surface area contributed by atoms with E-state index in [1.807, 2.05) is 0 Å². The number of rotatable bonds is 4. The number of hydrogen-bond acceptors (Lipinski definition) is 4. The van der Waals surface area contributed by atoms with E-state index < -0.39 is 23.3 Å². The Morgan fingerprint density at radius 1 is 1.41 bits per heavy atom. The van der Waals surface area contributed by atoms with Crippen LogP contribution in [0, 0.1) is 5.82 Å². The molecule has 0 aliphatic carbocycles. The number of carbonyl (C=O) groups excluding carboxylic acids is 2. The molecule has 17 heavy (non-hydrogen) atoms. The number of carbonyl (C=O) groups is 2. The average molecular weight is 238 g/mol. The zero-order valence-corrected chi connectivity index (χ0v) is 9.14. The fraction of sp³-hybridized carbons (Fsp3) is 0.167. The maximum absolute atomic E-state index is 13.2. The molecule has 0 aliphatic rings. The molecule has 0 saturated heterocycles. The predicted molar refractivity (Wildman–Crippen MR) is 58.6 cm³/mol. The van der Waals surface area contributed by atoms with Gasteiger partial charge in [-0.2, -0.15) is 0 Å². The van der Waals surface area contributed by atoms with Gasteiger partial charge in [0.2, 0.25) is 0 Å². The summed E-state index contributed by atoms with van der Waals surface area (Å²) >= 11 is 0. The molecule has 0 aliphatic heterocycles. The molecule has 90 valence electrons. The third-order valence-corrected chi connectivity index (χ3v) is 1.89. The topological polar surface area (TPSA) is 63.6 Å². The van der Waals surface area contributed by atoms with Gasteiger partial charge >= 0.3 is 5.97 Å². The van der Waals surface area contributed by atoms with Crippen molar-refractivity contribution >= 4 is 17.5 Å². The van der Waals surface area contributed by atoms with Crippen molar-refractivity contribution in [3.63, 3.8) is 0 Å². The normalized spacial score (nSPS) is 11.1. The third kappa shape index (κ3) is 3.41. The highest BCUT2D eigenvalue weighted by Crippen LogP contribution is 2.15. The van der Waals surface area contributed by atoms with Gasteiger partial charge in [-0.15, -0.1) is 0 Å². The van der Waals surface area contributed by atoms with Gasteiger partial charge in [0.05, 0.1) is 12.2 Å². The minimum atomic E-state index is -1.09. The van der Waals surface area contributed by atoms with Crippen molar-refractivity contribution in [3.05, 3.63) is 41.7 Å². The van der Waals surface area contributed by atoms with Crippen molar-refractivity contribution in [1.82, 2.24) is 0 Å². The maximum Gasteiger partial charge on any atom is 0.379 e. The Bertz CT molecular complexity index is 465. The quantitative estimate of drug-likeness (QED) is 0.376. The number of halogens is 1. The summed E-state index contributed by atoms with van der Waals surface area (Å²) in [5, 5.41) is 9.48. The molecular formula is C12H11FO4. The van der Waals surface area contributed by atoms with Crippen molar-refractivity contribution < 1.29 is 23.8 Å². The van der Waals surface area contributed by atoms with Crippen molar-refractivity contribution in [2.45, 2.75) is 6.92 Å². The van der Waals surface area contributed by atoms with Crippen LogP contribution in [0.15, 0.2) is 30.3 Å². The summed E-state index contributed by atoms with van der Waals surface area (Å²) in [5.41, 5.74) is -0.148. The second-order valence-electron chi connectivity index (χ2n) is 3.09. The number of aliphatic hydroxyl groups excluding tert-OH is 1. The lowest BCUT2D eigenvalue weighted by Crippen LogP contribution is -2.15. The van der Waals surface area contributed by atoms with E-state index in [1.165, 1.54) is 18.2 Å². The Labute approximate surface area is 97.3 Å². The van der Waals surface area contributed by atoms with Crippen molar-refractivity contribution in [2.75, 3.05) is 6.61 Å². The van der Waals surface area contributed by atoms with Crippen molar-refractivity contribution in [3.8, 4) is 0 Å². The van der Waals surface area contributed by atoms with Crippen LogP contribution in [0.2, 0.25) is 0 Å². The molecule has 1 aromatic rings. The molecule has 0 bridgehead atoms. The standard InChI is InChI=1S/C12H11FO4/c1-2-17-12(16)11(15)7-10(14)8-5-3-4-6-9(8)13/h3-7,14H,2H2,1H3. The Morgan fingerprint density at radius 2 is 2.06 bits per heavy atom. The van der Waals surface area contributed by atoms with Crippen LogP contribution < -0.4 is 0 Å². The number of aliphatic hydroxyl groups is 1. The van der Waals surface area contributed by atoms with Crippen molar-refractivity contribution in [1.29, 1.82) is 0 Å². The first-order valence-electron chi connectivity index (χ1n) is 4.93. The third-order valence-electron chi connectivity index (χ3n) is 1.89. The largest absolute Gasteiger partial charge is 0.507 e. The monoisotopic (exact) mass is 238 g/mol. The average Bonchev–Trinajstić information content (AvgIpc) is 2.29. The summed E-state index contributed by atoms with van der Waals surface area (Å²) in [7, 11) is 0. The molecule has 0 unspecified atom stereocenters. The van der Waals surface area contributed by atoms with E-state index in [-0.39, 0.29) is 12.2 Å². The van der Waals surface area contributed by atoms with Crippen LogP contribution >= 0.6 is 0 Å². The molecule has 0 fully saturated rings. The summed E-state index contributed by atoms with van der Waals surface area (Å²) in [6.45, 7) is 1.60. The molecule has 0 atom stereocenters. The van der Waals surface area contributed by atoms with Crippen LogP contribution in [-0.4, -0.2) is 23.5 Å². The van der Waals surface area contributed by atoms with Gasteiger partial charge in [-0.25, -0.2) is 9.18 Å². The minimum absolute atomic E-state index is 0.0544. The summed E-state index contributed by atoms with van der Waals surface area (Å²) < 4.78 is 17.6. The zero-order chi connectivity index (χ0) is 12.8. The highest BCUT2D eigenvalue weighted by Gasteiger charge is 2.15. The van der Waals surface area contributed by atoms with Gasteiger partial charge in [0, 0.05) is 6.08 Å². The van der Waals surface area contributed by atoms with Gasteiger partial charge in [0.15, 0.2) is 0 Å². The SMILES string of the molecule is CCOC(=O)C(=O)C=C(O)c1ccccc1F. The van der Waals surface area contributed by atoms with Crippen LogP contribution in [0.4, 0.5) is 4.39 Å². The van der Waals surface area contributed by atoms with Gasteiger partial charge in [0.1, 0.15) is 11.6 Å².